The number of halogens is 2. The van der Waals surface area contributed by atoms with E-state index in [2.05, 4.69) is 25.8 Å². The molecule has 2 aromatic heterocycles. The Kier molecular flexibility index (Phi) is 4.72. The largest absolute Gasteiger partial charge is 0.393 e. The number of carbonyl (C=O) groups excluding carboxylic acids is 1. The number of hydrogen-bond acceptors (Lipinski definition) is 6. The summed E-state index contributed by atoms with van der Waals surface area (Å²) in [6.45, 7) is 0. The van der Waals surface area contributed by atoms with E-state index in [0.29, 0.717) is 10.8 Å². The molecular formula is C18H13Cl2N7O. The molecule has 2 heterocycles. The summed E-state index contributed by atoms with van der Waals surface area (Å²) in [5.74, 6) is 0.209. The van der Waals surface area contributed by atoms with Crippen LogP contribution >= 0.6 is 23.2 Å². The van der Waals surface area contributed by atoms with E-state index >= 15 is 0 Å². The van der Waals surface area contributed by atoms with Crippen molar-refractivity contribution in [1.29, 1.82) is 0 Å². The number of amides is 1. The van der Waals surface area contributed by atoms with Gasteiger partial charge in [-0.1, -0.05) is 35.3 Å². The number of hydrazine groups is 1. The van der Waals surface area contributed by atoms with Gasteiger partial charge in [-0.2, -0.15) is 0 Å². The highest BCUT2D eigenvalue weighted by molar-refractivity contribution is 6.36. The Balaban J connectivity index is 1.60. The van der Waals surface area contributed by atoms with Gasteiger partial charge in [0.05, 0.1) is 21.6 Å². The highest BCUT2D eigenvalue weighted by Crippen LogP contribution is 2.25. The molecule has 0 saturated carbocycles. The van der Waals surface area contributed by atoms with Crippen molar-refractivity contribution in [2.24, 2.45) is 0 Å². The number of nitrogens with zero attached hydrogens (tertiary/aromatic N) is 4. The lowest BCUT2D eigenvalue weighted by molar-refractivity contribution is 0.0962. The van der Waals surface area contributed by atoms with Crippen molar-refractivity contribution in [1.82, 2.24) is 24.9 Å². The molecule has 0 radical (unpaired) electrons. The Morgan fingerprint density at radius 1 is 1.07 bits per heavy atom. The molecule has 4 aromatic rings. The van der Waals surface area contributed by atoms with Gasteiger partial charge < -0.3 is 5.73 Å². The number of hydrogen-bond donors (Lipinski definition) is 3. The molecule has 0 atom stereocenters. The number of fused-ring (bicyclic) bond motifs is 1. The van der Waals surface area contributed by atoms with Gasteiger partial charge in [-0.25, -0.2) is 15.0 Å². The number of anilines is 2. The number of para-hydroxylation sites is 2. The van der Waals surface area contributed by atoms with Gasteiger partial charge >= 0.3 is 0 Å². The van der Waals surface area contributed by atoms with Crippen molar-refractivity contribution < 1.29 is 4.79 Å². The molecular weight excluding hydrogens is 401 g/mol. The predicted molar refractivity (Wildman–Crippen MR) is 109 cm³/mol. The molecule has 0 saturated heterocycles. The summed E-state index contributed by atoms with van der Waals surface area (Å²) >= 11 is 11.9. The van der Waals surface area contributed by atoms with Gasteiger partial charge in [-0.15, -0.1) is 0 Å². The fraction of sp³-hybridized carbons (Fsp3) is 0. The van der Waals surface area contributed by atoms with E-state index in [9.17, 15) is 4.79 Å². The quantitative estimate of drug-likeness (QED) is 0.441. The fourth-order valence-electron chi connectivity index (χ4n) is 2.66. The van der Waals surface area contributed by atoms with Crippen LogP contribution in [0.5, 0.6) is 0 Å². The molecule has 1 amide bonds. The summed E-state index contributed by atoms with van der Waals surface area (Å²) in [7, 11) is 0. The minimum atomic E-state index is -0.464. The smallest absolute Gasteiger partial charge is 0.271 e. The summed E-state index contributed by atoms with van der Waals surface area (Å²) in [4.78, 5) is 25.0. The van der Waals surface area contributed by atoms with Gasteiger partial charge in [0.25, 0.3) is 5.91 Å². The summed E-state index contributed by atoms with van der Waals surface area (Å²) in [5.41, 5.74) is 13.6. The van der Waals surface area contributed by atoms with E-state index in [1.807, 2.05) is 24.3 Å². The third-order valence-electron chi connectivity index (χ3n) is 4.01. The summed E-state index contributed by atoms with van der Waals surface area (Å²) in [5, 5.41) is 0.666. The SMILES string of the molecule is Nc1c(NNC(=O)c2ccc(Cl)cc2Cl)ncnc1-n1cnc2ccccc21. The van der Waals surface area contributed by atoms with E-state index in [1.165, 1.54) is 18.5 Å². The second kappa shape index (κ2) is 7.34. The maximum absolute atomic E-state index is 12.3. The average molecular weight is 414 g/mol. The van der Waals surface area contributed by atoms with E-state index in [-0.39, 0.29) is 22.1 Å². The standard InChI is InChI=1S/C18H13Cl2N7O/c19-10-5-6-11(12(20)7-10)18(28)26-25-16-15(21)17(23-8-22-16)27-9-24-13-3-1-2-4-14(13)27/h1-9H,21H2,(H,26,28)(H,22,23,25). The van der Waals surface area contributed by atoms with Gasteiger partial charge in [-0.05, 0) is 30.3 Å². The third kappa shape index (κ3) is 3.30. The maximum atomic E-state index is 12.3. The highest BCUT2D eigenvalue weighted by Gasteiger charge is 2.15. The molecule has 8 nitrogen and oxygen atoms in total. The average Bonchev–Trinajstić information content (AvgIpc) is 3.11. The number of imidazole rings is 1. The minimum absolute atomic E-state index is 0.230. The van der Waals surface area contributed by atoms with Gasteiger partial charge in [-0.3, -0.25) is 20.2 Å². The van der Waals surface area contributed by atoms with Crippen LogP contribution in [0.2, 0.25) is 10.0 Å². The minimum Gasteiger partial charge on any atom is -0.393 e. The van der Waals surface area contributed by atoms with Crippen LogP contribution in [0.3, 0.4) is 0 Å². The molecule has 140 valence electrons. The Bertz CT molecular complexity index is 1190. The molecule has 0 aliphatic heterocycles. The molecule has 0 aliphatic carbocycles. The molecule has 28 heavy (non-hydrogen) atoms. The summed E-state index contributed by atoms with van der Waals surface area (Å²) in [6, 6.07) is 12.2. The van der Waals surface area contributed by atoms with Crippen molar-refractivity contribution in [3.05, 3.63) is 70.7 Å². The highest BCUT2D eigenvalue weighted by atomic mass is 35.5. The van der Waals surface area contributed by atoms with E-state index in [4.69, 9.17) is 28.9 Å². The van der Waals surface area contributed by atoms with E-state index in [0.717, 1.165) is 11.0 Å². The zero-order chi connectivity index (χ0) is 19.7. The lowest BCUT2D eigenvalue weighted by Crippen LogP contribution is -2.30. The molecule has 0 bridgehead atoms. The number of aromatic nitrogens is 4. The topological polar surface area (TPSA) is 111 Å². The van der Waals surface area contributed by atoms with Crippen LogP contribution in [-0.4, -0.2) is 25.4 Å². The number of rotatable bonds is 4. The lowest BCUT2D eigenvalue weighted by Gasteiger charge is -2.13. The van der Waals surface area contributed by atoms with Crippen LogP contribution in [-0.2, 0) is 0 Å². The van der Waals surface area contributed by atoms with Crippen LogP contribution in [0, 0.1) is 0 Å². The van der Waals surface area contributed by atoms with Gasteiger partial charge in [0.1, 0.15) is 18.3 Å². The van der Waals surface area contributed by atoms with E-state index < -0.39 is 5.91 Å². The lowest BCUT2D eigenvalue weighted by atomic mass is 10.2. The zero-order valence-corrected chi connectivity index (χ0v) is 15.7. The van der Waals surface area contributed by atoms with Gasteiger partial charge in [0.15, 0.2) is 11.6 Å². The van der Waals surface area contributed by atoms with Gasteiger partial charge in [0.2, 0.25) is 0 Å². The number of carbonyl (C=O) groups is 1. The van der Waals surface area contributed by atoms with Crippen molar-refractivity contribution in [2.75, 3.05) is 11.2 Å². The first-order valence-corrected chi connectivity index (χ1v) is 8.84. The van der Waals surface area contributed by atoms with E-state index in [1.54, 1.807) is 17.0 Å². The Morgan fingerprint density at radius 3 is 2.71 bits per heavy atom. The maximum Gasteiger partial charge on any atom is 0.271 e. The number of nitrogen functional groups attached to an aromatic ring is 1. The van der Waals surface area contributed by atoms with Crippen LogP contribution in [0.4, 0.5) is 11.5 Å². The monoisotopic (exact) mass is 413 g/mol. The molecule has 0 fully saturated rings. The number of nitrogens with two attached hydrogens (primary N) is 1. The zero-order valence-electron chi connectivity index (χ0n) is 14.2. The predicted octanol–water partition coefficient (Wildman–Crippen LogP) is 3.46. The first-order chi connectivity index (χ1) is 13.5. The third-order valence-corrected chi connectivity index (χ3v) is 4.56. The Labute approximate surface area is 169 Å². The molecule has 10 heteroatoms. The first kappa shape index (κ1) is 18.0. The second-order valence-corrected chi connectivity index (χ2v) is 6.61. The molecule has 4 N–H and O–H groups in total. The first-order valence-electron chi connectivity index (χ1n) is 8.09. The molecule has 4 rings (SSSR count). The van der Waals surface area contributed by atoms with Crippen molar-refractivity contribution in [3.8, 4) is 5.82 Å². The van der Waals surface area contributed by atoms with Crippen LogP contribution in [0.15, 0.2) is 55.1 Å². The van der Waals surface area contributed by atoms with Gasteiger partial charge in [0, 0.05) is 5.02 Å². The second-order valence-electron chi connectivity index (χ2n) is 5.77. The summed E-state index contributed by atoms with van der Waals surface area (Å²) < 4.78 is 1.75. The molecule has 0 spiro atoms. The van der Waals surface area contributed by atoms with Crippen LogP contribution < -0.4 is 16.6 Å². The van der Waals surface area contributed by atoms with Crippen LogP contribution in [0.1, 0.15) is 10.4 Å². The molecule has 2 aromatic carbocycles. The van der Waals surface area contributed by atoms with Crippen molar-refractivity contribution in [3.63, 3.8) is 0 Å². The Morgan fingerprint density at radius 2 is 1.89 bits per heavy atom. The number of benzene rings is 2. The normalized spacial score (nSPS) is 10.8. The van der Waals surface area contributed by atoms with Crippen molar-refractivity contribution >= 4 is 51.6 Å². The summed E-state index contributed by atoms with van der Waals surface area (Å²) in [6.07, 6.45) is 2.96. The number of nitrogens with one attached hydrogen (secondary N) is 2. The fourth-order valence-corrected chi connectivity index (χ4v) is 3.16. The molecule has 0 unspecified atom stereocenters. The van der Waals surface area contributed by atoms with Crippen molar-refractivity contribution in [2.45, 2.75) is 0 Å². The van der Waals surface area contributed by atoms with Crippen LogP contribution in [0.25, 0.3) is 16.9 Å². The Hall–Kier alpha value is -3.36. The molecule has 0 aliphatic rings.